The molecular weight excluding hydrogens is 314 g/mol. The number of aliphatic imine (C=N–C) groups is 1. The van der Waals surface area contributed by atoms with Gasteiger partial charge < -0.3 is 20.0 Å². The van der Waals surface area contributed by atoms with Crippen LogP contribution in [0.5, 0.6) is 0 Å². The molecule has 0 fully saturated rings. The van der Waals surface area contributed by atoms with Gasteiger partial charge in [-0.05, 0) is 40.4 Å². The average molecular weight is 343 g/mol. The smallest absolute Gasteiger partial charge is 0.216 e. The molecule has 2 N–H and O–H groups in total. The standard InChI is InChI=1S/C19H29N5O/c1-6-20-19(22-13-18-23-14(2)15(3)25-18)21-12-17(24(4)5)16-10-8-7-9-11-16/h7-11,17H,6,12-13H2,1-5H3,(H2,20,21,22). The summed E-state index contributed by atoms with van der Waals surface area (Å²) >= 11 is 0. The van der Waals surface area contributed by atoms with Crippen LogP contribution in [-0.2, 0) is 6.54 Å². The predicted molar refractivity (Wildman–Crippen MR) is 102 cm³/mol. The van der Waals surface area contributed by atoms with Crippen LogP contribution in [0.15, 0.2) is 39.7 Å². The molecule has 0 spiro atoms. The Kier molecular flexibility index (Phi) is 7.01. The molecule has 6 heteroatoms. The maximum atomic E-state index is 5.59. The van der Waals surface area contributed by atoms with Crippen molar-refractivity contribution in [3.8, 4) is 0 Å². The third kappa shape index (κ3) is 5.60. The van der Waals surface area contributed by atoms with Gasteiger partial charge in [-0.2, -0.15) is 0 Å². The van der Waals surface area contributed by atoms with Gasteiger partial charge in [-0.15, -0.1) is 0 Å². The van der Waals surface area contributed by atoms with E-state index in [1.54, 1.807) is 0 Å². The van der Waals surface area contributed by atoms with Crippen LogP contribution in [-0.4, -0.2) is 43.0 Å². The van der Waals surface area contributed by atoms with Gasteiger partial charge >= 0.3 is 0 Å². The largest absolute Gasteiger partial charge is 0.444 e. The van der Waals surface area contributed by atoms with Crippen molar-refractivity contribution in [1.82, 2.24) is 20.5 Å². The van der Waals surface area contributed by atoms with Gasteiger partial charge in [-0.25, -0.2) is 9.98 Å². The van der Waals surface area contributed by atoms with Gasteiger partial charge in [0.05, 0.1) is 11.7 Å². The maximum Gasteiger partial charge on any atom is 0.216 e. The van der Waals surface area contributed by atoms with Crippen molar-refractivity contribution >= 4 is 5.96 Å². The number of guanidine groups is 1. The first-order valence-electron chi connectivity index (χ1n) is 8.67. The zero-order valence-corrected chi connectivity index (χ0v) is 15.8. The number of likely N-dealkylation sites (N-methyl/N-ethyl adjacent to an activating group) is 1. The van der Waals surface area contributed by atoms with Crippen molar-refractivity contribution in [2.45, 2.75) is 33.4 Å². The minimum atomic E-state index is 0.260. The number of oxazole rings is 1. The van der Waals surface area contributed by atoms with Crippen LogP contribution in [0.2, 0.25) is 0 Å². The van der Waals surface area contributed by atoms with Crippen molar-refractivity contribution in [3.05, 3.63) is 53.2 Å². The lowest BCUT2D eigenvalue weighted by atomic mass is 10.1. The fourth-order valence-electron chi connectivity index (χ4n) is 2.56. The SMILES string of the molecule is CCNC(=NCc1nc(C)c(C)o1)NCC(c1ccccc1)N(C)C. The Balaban J connectivity index is 2.03. The first kappa shape index (κ1) is 19.0. The molecule has 0 aliphatic heterocycles. The highest BCUT2D eigenvalue weighted by molar-refractivity contribution is 5.79. The van der Waals surface area contributed by atoms with E-state index in [0.717, 1.165) is 30.5 Å². The number of aryl methyl sites for hydroxylation is 2. The molecular formula is C19H29N5O. The van der Waals surface area contributed by atoms with Crippen LogP contribution >= 0.6 is 0 Å². The van der Waals surface area contributed by atoms with E-state index in [1.807, 2.05) is 19.9 Å². The fraction of sp³-hybridized carbons (Fsp3) is 0.474. The van der Waals surface area contributed by atoms with E-state index in [4.69, 9.17) is 4.42 Å². The van der Waals surface area contributed by atoms with Crippen molar-refractivity contribution in [1.29, 1.82) is 0 Å². The zero-order chi connectivity index (χ0) is 18.2. The molecule has 0 saturated heterocycles. The minimum Gasteiger partial charge on any atom is -0.444 e. The summed E-state index contributed by atoms with van der Waals surface area (Å²) in [5, 5.41) is 6.69. The van der Waals surface area contributed by atoms with Crippen molar-refractivity contribution in [2.75, 3.05) is 27.2 Å². The third-order valence-electron chi connectivity index (χ3n) is 4.06. The number of hydrogen-bond acceptors (Lipinski definition) is 4. The lowest BCUT2D eigenvalue weighted by molar-refractivity contribution is 0.298. The number of nitrogens with zero attached hydrogens (tertiary/aromatic N) is 3. The molecule has 1 heterocycles. The molecule has 0 amide bonds. The summed E-state index contributed by atoms with van der Waals surface area (Å²) < 4.78 is 5.59. The summed E-state index contributed by atoms with van der Waals surface area (Å²) in [4.78, 5) is 11.2. The normalized spacial score (nSPS) is 13.1. The van der Waals surface area contributed by atoms with Gasteiger partial charge in [0, 0.05) is 13.1 Å². The molecule has 0 aliphatic carbocycles. The Morgan fingerprint density at radius 2 is 1.92 bits per heavy atom. The molecule has 6 nitrogen and oxygen atoms in total. The van der Waals surface area contributed by atoms with Crippen LogP contribution in [0.25, 0.3) is 0 Å². The van der Waals surface area contributed by atoms with Crippen LogP contribution in [0, 0.1) is 13.8 Å². The highest BCUT2D eigenvalue weighted by atomic mass is 16.4. The summed E-state index contributed by atoms with van der Waals surface area (Å²) in [7, 11) is 4.17. The summed E-state index contributed by atoms with van der Waals surface area (Å²) in [5.41, 5.74) is 2.19. The van der Waals surface area contributed by atoms with E-state index >= 15 is 0 Å². The quantitative estimate of drug-likeness (QED) is 0.598. The number of hydrogen-bond donors (Lipinski definition) is 2. The van der Waals surface area contributed by atoms with Crippen LogP contribution < -0.4 is 10.6 Å². The summed E-state index contributed by atoms with van der Waals surface area (Å²) in [6.45, 7) is 7.89. The topological polar surface area (TPSA) is 65.7 Å². The molecule has 1 aromatic heterocycles. The first-order valence-corrected chi connectivity index (χ1v) is 8.67. The molecule has 136 valence electrons. The first-order chi connectivity index (χ1) is 12.0. The van der Waals surface area contributed by atoms with Crippen LogP contribution in [0.1, 0.15) is 35.9 Å². The fourth-order valence-corrected chi connectivity index (χ4v) is 2.56. The molecule has 1 atom stereocenters. The van der Waals surface area contributed by atoms with Gasteiger partial charge in [0.2, 0.25) is 5.89 Å². The van der Waals surface area contributed by atoms with Gasteiger partial charge in [-0.1, -0.05) is 30.3 Å². The predicted octanol–water partition coefficient (Wildman–Crippen LogP) is 2.65. The van der Waals surface area contributed by atoms with Gasteiger partial charge in [0.15, 0.2) is 5.96 Å². The van der Waals surface area contributed by atoms with Crippen LogP contribution in [0.4, 0.5) is 0 Å². The monoisotopic (exact) mass is 343 g/mol. The van der Waals surface area contributed by atoms with E-state index in [-0.39, 0.29) is 6.04 Å². The molecule has 0 bridgehead atoms. The Bertz CT molecular complexity index is 659. The molecule has 25 heavy (non-hydrogen) atoms. The maximum absolute atomic E-state index is 5.59. The lowest BCUT2D eigenvalue weighted by Crippen LogP contribution is -2.41. The average Bonchev–Trinajstić information content (AvgIpc) is 2.91. The Labute approximate surface area is 150 Å². The Morgan fingerprint density at radius 1 is 1.20 bits per heavy atom. The second-order valence-electron chi connectivity index (χ2n) is 6.22. The third-order valence-corrected chi connectivity index (χ3v) is 4.06. The van der Waals surface area contributed by atoms with E-state index in [1.165, 1.54) is 5.56 Å². The van der Waals surface area contributed by atoms with Crippen LogP contribution in [0.3, 0.4) is 0 Å². The van der Waals surface area contributed by atoms with E-state index in [2.05, 4.69) is 70.8 Å². The molecule has 1 unspecified atom stereocenters. The number of benzene rings is 1. The number of nitrogens with one attached hydrogen (secondary N) is 2. The summed E-state index contributed by atoms with van der Waals surface area (Å²) in [6.07, 6.45) is 0. The Morgan fingerprint density at radius 3 is 2.48 bits per heavy atom. The number of aromatic nitrogens is 1. The minimum absolute atomic E-state index is 0.260. The van der Waals surface area contributed by atoms with Crippen molar-refractivity contribution in [2.24, 2.45) is 4.99 Å². The van der Waals surface area contributed by atoms with Gasteiger partial charge in [0.25, 0.3) is 0 Å². The van der Waals surface area contributed by atoms with E-state index in [0.29, 0.717) is 12.4 Å². The van der Waals surface area contributed by atoms with E-state index in [9.17, 15) is 0 Å². The van der Waals surface area contributed by atoms with E-state index < -0.39 is 0 Å². The Hall–Kier alpha value is -2.34. The summed E-state index contributed by atoms with van der Waals surface area (Å²) in [6, 6.07) is 10.7. The highest BCUT2D eigenvalue weighted by Crippen LogP contribution is 2.16. The van der Waals surface area contributed by atoms with Gasteiger partial charge in [0.1, 0.15) is 12.3 Å². The molecule has 2 rings (SSSR count). The molecule has 0 saturated carbocycles. The lowest BCUT2D eigenvalue weighted by Gasteiger charge is -2.26. The number of rotatable bonds is 7. The molecule has 1 aromatic carbocycles. The zero-order valence-electron chi connectivity index (χ0n) is 15.8. The van der Waals surface area contributed by atoms with Crippen molar-refractivity contribution < 1.29 is 4.42 Å². The van der Waals surface area contributed by atoms with Crippen molar-refractivity contribution in [3.63, 3.8) is 0 Å². The molecule has 0 radical (unpaired) electrons. The molecule has 2 aromatic rings. The summed E-state index contributed by atoms with van der Waals surface area (Å²) in [5.74, 6) is 2.25. The highest BCUT2D eigenvalue weighted by Gasteiger charge is 2.14. The molecule has 0 aliphatic rings. The second-order valence-corrected chi connectivity index (χ2v) is 6.22. The van der Waals surface area contributed by atoms with Gasteiger partial charge in [-0.3, -0.25) is 0 Å². The second kappa shape index (κ2) is 9.22.